The molecule has 26 heavy (non-hydrogen) atoms. The van der Waals surface area contributed by atoms with Crippen LogP contribution in [-0.2, 0) is 11.3 Å². The molecule has 0 amide bonds. The smallest absolute Gasteiger partial charge is 0.191 e. The molecule has 8 heteroatoms. The van der Waals surface area contributed by atoms with Crippen LogP contribution in [0, 0.1) is 5.92 Å². The average Bonchev–Trinajstić information content (AvgIpc) is 3.15. The van der Waals surface area contributed by atoms with Gasteiger partial charge in [-0.2, -0.15) is 5.10 Å². The number of aromatic nitrogens is 3. The Labute approximate surface area is 172 Å². The van der Waals surface area contributed by atoms with Crippen LogP contribution in [0.2, 0.25) is 0 Å². The van der Waals surface area contributed by atoms with Gasteiger partial charge in [0.05, 0.1) is 12.3 Å². The van der Waals surface area contributed by atoms with Crippen molar-refractivity contribution in [2.45, 2.75) is 26.8 Å². The van der Waals surface area contributed by atoms with Crippen molar-refractivity contribution in [1.29, 1.82) is 0 Å². The molecule has 2 aromatic rings. The van der Waals surface area contributed by atoms with Crippen LogP contribution in [0.1, 0.15) is 25.8 Å². The highest BCUT2D eigenvalue weighted by Gasteiger charge is 2.00. The van der Waals surface area contributed by atoms with Gasteiger partial charge in [-0.05, 0) is 30.0 Å². The van der Waals surface area contributed by atoms with Gasteiger partial charge < -0.3 is 15.4 Å². The standard InChI is InChI=1S/C18H28N6O.HI/c1-15(2)8-10-25-11-9-21-18(19-3)22-12-16-4-6-17(7-5-16)24-14-20-13-23-24;/h4-7,13-15H,8-12H2,1-3H3,(H2,19,21,22);1H. The highest BCUT2D eigenvalue weighted by Crippen LogP contribution is 2.07. The van der Waals surface area contributed by atoms with E-state index in [0.717, 1.165) is 31.2 Å². The van der Waals surface area contributed by atoms with Crippen molar-refractivity contribution in [3.8, 4) is 5.69 Å². The largest absolute Gasteiger partial charge is 0.380 e. The molecule has 0 aliphatic rings. The summed E-state index contributed by atoms with van der Waals surface area (Å²) in [6.45, 7) is 7.33. The van der Waals surface area contributed by atoms with Crippen molar-refractivity contribution >= 4 is 29.9 Å². The first-order valence-electron chi connectivity index (χ1n) is 8.65. The molecule has 0 fully saturated rings. The summed E-state index contributed by atoms with van der Waals surface area (Å²) >= 11 is 0. The topological polar surface area (TPSA) is 76.4 Å². The van der Waals surface area contributed by atoms with Crippen LogP contribution >= 0.6 is 24.0 Å². The van der Waals surface area contributed by atoms with Crippen molar-refractivity contribution in [1.82, 2.24) is 25.4 Å². The Hall–Kier alpha value is -1.68. The molecular weight excluding hydrogens is 443 g/mol. The summed E-state index contributed by atoms with van der Waals surface area (Å²) < 4.78 is 7.33. The first kappa shape index (κ1) is 22.4. The Balaban J connectivity index is 0.00000338. The molecule has 0 radical (unpaired) electrons. The normalized spacial score (nSPS) is 11.3. The monoisotopic (exact) mass is 472 g/mol. The van der Waals surface area contributed by atoms with Gasteiger partial charge in [-0.15, -0.1) is 24.0 Å². The summed E-state index contributed by atoms with van der Waals surface area (Å²) in [7, 11) is 1.77. The van der Waals surface area contributed by atoms with Crippen molar-refractivity contribution in [2.75, 3.05) is 26.8 Å². The third-order valence-electron chi connectivity index (χ3n) is 3.68. The van der Waals surface area contributed by atoms with Crippen LogP contribution in [0.15, 0.2) is 41.9 Å². The molecule has 0 saturated carbocycles. The summed E-state index contributed by atoms with van der Waals surface area (Å²) in [6, 6.07) is 8.16. The van der Waals surface area contributed by atoms with E-state index in [0.29, 0.717) is 19.1 Å². The lowest BCUT2D eigenvalue weighted by Crippen LogP contribution is -2.38. The van der Waals surface area contributed by atoms with Gasteiger partial charge in [-0.1, -0.05) is 26.0 Å². The minimum atomic E-state index is 0. The van der Waals surface area contributed by atoms with Crippen molar-refractivity contribution in [3.05, 3.63) is 42.5 Å². The lowest BCUT2D eigenvalue weighted by Gasteiger charge is -2.13. The molecule has 1 aromatic heterocycles. The fourth-order valence-corrected chi connectivity index (χ4v) is 2.18. The van der Waals surface area contributed by atoms with Crippen molar-refractivity contribution in [3.63, 3.8) is 0 Å². The van der Waals surface area contributed by atoms with E-state index in [9.17, 15) is 0 Å². The van der Waals surface area contributed by atoms with Gasteiger partial charge in [-0.25, -0.2) is 9.67 Å². The van der Waals surface area contributed by atoms with E-state index in [-0.39, 0.29) is 24.0 Å². The number of nitrogens with zero attached hydrogens (tertiary/aromatic N) is 4. The maximum atomic E-state index is 5.59. The first-order chi connectivity index (χ1) is 12.2. The quantitative estimate of drug-likeness (QED) is 0.254. The number of nitrogens with one attached hydrogen (secondary N) is 2. The fraction of sp³-hybridized carbons (Fsp3) is 0.500. The van der Waals surface area contributed by atoms with Gasteiger partial charge in [0.25, 0.3) is 0 Å². The number of ether oxygens (including phenoxy) is 1. The van der Waals surface area contributed by atoms with Gasteiger partial charge in [0.2, 0.25) is 0 Å². The predicted octanol–water partition coefficient (Wildman–Crippen LogP) is 2.61. The van der Waals surface area contributed by atoms with E-state index in [1.807, 2.05) is 12.1 Å². The molecule has 2 N–H and O–H groups in total. The molecule has 0 unspecified atom stereocenters. The summed E-state index contributed by atoms with van der Waals surface area (Å²) in [5.41, 5.74) is 2.15. The SMILES string of the molecule is CN=C(NCCOCCC(C)C)NCc1ccc(-n2cncn2)cc1.I. The van der Waals surface area contributed by atoms with Gasteiger partial charge in [0, 0.05) is 26.7 Å². The second kappa shape index (κ2) is 12.6. The number of halogens is 1. The number of aliphatic imine (C=N–C) groups is 1. The molecule has 0 aliphatic carbocycles. The van der Waals surface area contributed by atoms with E-state index in [1.54, 1.807) is 18.1 Å². The van der Waals surface area contributed by atoms with E-state index in [2.05, 4.69) is 51.7 Å². The van der Waals surface area contributed by atoms with Crippen LogP contribution in [0.5, 0.6) is 0 Å². The zero-order valence-electron chi connectivity index (χ0n) is 15.7. The maximum Gasteiger partial charge on any atom is 0.191 e. The summed E-state index contributed by atoms with van der Waals surface area (Å²) in [6.07, 6.45) is 4.30. The molecule has 0 saturated heterocycles. The van der Waals surface area contributed by atoms with E-state index in [4.69, 9.17) is 4.74 Å². The van der Waals surface area contributed by atoms with Gasteiger partial charge in [0.15, 0.2) is 5.96 Å². The van der Waals surface area contributed by atoms with Gasteiger partial charge in [-0.3, -0.25) is 4.99 Å². The van der Waals surface area contributed by atoms with Crippen LogP contribution in [-0.4, -0.2) is 47.5 Å². The summed E-state index contributed by atoms with van der Waals surface area (Å²) in [4.78, 5) is 8.18. The van der Waals surface area contributed by atoms with E-state index < -0.39 is 0 Å². The number of benzene rings is 1. The Morgan fingerprint density at radius 2 is 1.96 bits per heavy atom. The highest BCUT2D eigenvalue weighted by molar-refractivity contribution is 14.0. The fourth-order valence-electron chi connectivity index (χ4n) is 2.18. The molecule has 144 valence electrons. The molecule has 0 spiro atoms. The van der Waals surface area contributed by atoms with Crippen LogP contribution in [0.25, 0.3) is 5.69 Å². The highest BCUT2D eigenvalue weighted by atomic mass is 127. The molecule has 2 rings (SSSR count). The van der Waals surface area contributed by atoms with Crippen molar-refractivity contribution < 1.29 is 4.74 Å². The Kier molecular flexibility index (Phi) is 10.9. The van der Waals surface area contributed by atoms with Crippen LogP contribution in [0.3, 0.4) is 0 Å². The third kappa shape index (κ3) is 8.13. The molecular formula is C18H29IN6O. The summed E-state index contributed by atoms with van der Waals surface area (Å²) in [5, 5.41) is 10.7. The molecule has 0 atom stereocenters. The second-order valence-corrected chi connectivity index (χ2v) is 6.15. The molecule has 7 nitrogen and oxygen atoms in total. The van der Waals surface area contributed by atoms with Gasteiger partial charge >= 0.3 is 0 Å². The first-order valence-corrected chi connectivity index (χ1v) is 8.65. The minimum Gasteiger partial charge on any atom is -0.380 e. The molecule has 1 aromatic carbocycles. The minimum absolute atomic E-state index is 0. The van der Waals surface area contributed by atoms with E-state index in [1.165, 1.54) is 11.9 Å². The predicted molar refractivity (Wildman–Crippen MR) is 115 cm³/mol. The lowest BCUT2D eigenvalue weighted by atomic mass is 10.1. The molecule has 0 aliphatic heterocycles. The number of rotatable bonds is 9. The molecule has 0 bridgehead atoms. The van der Waals surface area contributed by atoms with E-state index >= 15 is 0 Å². The van der Waals surface area contributed by atoms with Crippen LogP contribution in [0.4, 0.5) is 0 Å². The zero-order chi connectivity index (χ0) is 17.9. The molecule has 1 heterocycles. The lowest BCUT2D eigenvalue weighted by molar-refractivity contribution is 0.128. The maximum absolute atomic E-state index is 5.59. The number of guanidine groups is 1. The second-order valence-electron chi connectivity index (χ2n) is 6.15. The van der Waals surface area contributed by atoms with Crippen LogP contribution < -0.4 is 10.6 Å². The number of hydrogen-bond acceptors (Lipinski definition) is 4. The Bertz CT molecular complexity index is 628. The van der Waals surface area contributed by atoms with Crippen molar-refractivity contribution in [2.24, 2.45) is 10.9 Å². The third-order valence-corrected chi connectivity index (χ3v) is 3.68. The van der Waals surface area contributed by atoms with Gasteiger partial charge in [0.1, 0.15) is 12.7 Å². The average molecular weight is 472 g/mol. The number of hydrogen-bond donors (Lipinski definition) is 2. The summed E-state index contributed by atoms with van der Waals surface area (Å²) in [5.74, 6) is 1.45. The Morgan fingerprint density at radius 3 is 2.58 bits per heavy atom. The Morgan fingerprint density at radius 1 is 1.19 bits per heavy atom. The zero-order valence-corrected chi connectivity index (χ0v) is 18.0.